The Balaban J connectivity index is 2.03. The van der Waals surface area contributed by atoms with Crippen molar-refractivity contribution in [1.29, 1.82) is 0 Å². The third-order valence-electron chi connectivity index (χ3n) is 3.34. The van der Waals surface area contributed by atoms with Crippen LogP contribution >= 0.6 is 0 Å². The molecule has 0 atom stereocenters. The van der Waals surface area contributed by atoms with Gasteiger partial charge in [-0.25, -0.2) is 4.79 Å². The summed E-state index contributed by atoms with van der Waals surface area (Å²) in [7, 11) is 0. The summed E-state index contributed by atoms with van der Waals surface area (Å²) in [6, 6.07) is 7.62. The van der Waals surface area contributed by atoms with Crippen LogP contribution in [0.5, 0.6) is 0 Å². The van der Waals surface area contributed by atoms with Gasteiger partial charge < -0.3 is 9.52 Å². The van der Waals surface area contributed by atoms with Crippen molar-refractivity contribution in [1.82, 2.24) is 0 Å². The lowest BCUT2D eigenvalue weighted by Crippen LogP contribution is -2.25. The summed E-state index contributed by atoms with van der Waals surface area (Å²) >= 11 is 0. The Hall–Kier alpha value is -3.36. The Morgan fingerprint density at radius 2 is 1.88 bits per heavy atom. The van der Waals surface area contributed by atoms with Crippen LogP contribution in [-0.2, 0) is 4.79 Å². The standard InChI is InChI=1S/C16H9F3N2O4/c17-16(18,19)13-12(8-11-2-1-7-25-11)14(22)21(20-13)10-5-3-9(4-6-10)15(23)24/h1-8H,(H,23,24)/b12-8+. The molecule has 25 heavy (non-hydrogen) atoms. The van der Waals surface area contributed by atoms with Crippen molar-refractivity contribution in [2.45, 2.75) is 6.18 Å². The first-order valence-corrected chi connectivity index (χ1v) is 6.86. The first-order valence-electron chi connectivity index (χ1n) is 6.86. The molecular weight excluding hydrogens is 341 g/mol. The molecule has 0 bridgehead atoms. The SMILES string of the molecule is O=C(O)c1ccc(N2N=C(C(F)(F)F)/C(=C\c3ccco3)C2=O)cc1. The van der Waals surface area contributed by atoms with Gasteiger partial charge in [-0.2, -0.15) is 23.3 Å². The van der Waals surface area contributed by atoms with Crippen LogP contribution in [0.4, 0.5) is 18.9 Å². The number of halogens is 3. The number of carboxylic acid groups (broad SMARTS) is 1. The van der Waals surface area contributed by atoms with Gasteiger partial charge in [0.05, 0.1) is 23.1 Å². The van der Waals surface area contributed by atoms with Crippen molar-refractivity contribution >= 4 is 29.4 Å². The molecule has 2 heterocycles. The largest absolute Gasteiger partial charge is 0.478 e. The van der Waals surface area contributed by atoms with Crippen LogP contribution in [0, 0.1) is 0 Å². The van der Waals surface area contributed by atoms with Gasteiger partial charge in [0.25, 0.3) is 5.91 Å². The molecule has 3 rings (SSSR count). The van der Waals surface area contributed by atoms with E-state index in [1.165, 1.54) is 42.7 Å². The Bertz CT molecular complexity index is 881. The van der Waals surface area contributed by atoms with E-state index >= 15 is 0 Å². The molecule has 1 aliphatic rings. The van der Waals surface area contributed by atoms with E-state index in [-0.39, 0.29) is 17.0 Å². The number of anilines is 1. The number of hydrogen-bond donors (Lipinski definition) is 1. The molecule has 0 spiro atoms. The molecule has 0 fully saturated rings. The maximum atomic E-state index is 13.2. The minimum absolute atomic E-state index is 0.0135. The fourth-order valence-corrected chi connectivity index (χ4v) is 2.19. The number of carbonyl (C=O) groups is 2. The lowest BCUT2D eigenvalue weighted by atomic mass is 10.1. The molecule has 1 aromatic heterocycles. The van der Waals surface area contributed by atoms with Crippen molar-refractivity contribution in [3.05, 3.63) is 59.6 Å². The number of furan rings is 1. The molecule has 128 valence electrons. The van der Waals surface area contributed by atoms with Gasteiger partial charge in [-0.15, -0.1) is 0 Å². The first kappa shape index (κ1) is 16.5. The van der Waals surface area contributed by atoms with Gasteiger partial charge in [0.1, 0.15) is 5.76 Å². The van der Waals surface area contributed by atoms with Gasteiger partial charge in [0, 0.05) is 0 Å². The molecule has 0 saturated heterocycles. The Morgan fingerprint density at radius 1 is 1.20 bits per heavy atom. The molecule has 0 aliphatic carbocycles. The van der Waals surface area contributed by atoms with E-state index in [0.29, 0.717) is 5.01 Å². The molecular formula is C16H9F3N2O4. The number of carbonyl (C=O) groups excluding carboxylic acids is 1. The van der Waals surface area contributed by atoms with E-state index in [0.717, 1.165) is 6.08 Å². The van der Waals surface area contributed by atoms with Crippen LogP contribution in [0.3, 0.4) is 0 Å². The predicted octanol–water partition coefficient (Wildman–Crippen LogP) is 3.33. The smallest absolute Gasteiger partial charge is 0.435 e. The fraction of sp³-hybridized carbons (Fsp3) is 0.0625. The molecule has 1 N–H and O–H groups in total. The summed E-state index contributed by atoms with van der Waals surface area (Å²) in [6.45, 7) is 0. The minimum Gasteiger partial charge on any atom is -0.478 e. The summed E-state index contributed by atoms with van der Waals surface area (Å²) in [5, 5.41) is 12.8. The van der Waals surface area contributed by atoms with Gasteiger partial charge in [-0.3, -0.25) is 4.79 Å². The Labute approximate surface area is 138 Å². The molecule has 6 nitrogen and oxygen atoms in total. The zero-order chi connectivity index (χ0) is 18.2. The second-order valence-corrected chi connectivity index (χ2v) is 4.99. The van der Waals surface area contributed by atoms with Crippen molar-refractivity contribution in [3.8, 4) is 0 Å². The summed E-state index contributed by atoms with van der Waals surface area (Å²) in [4.78, 5) is 23.2. The molecule has 1 aromatic carbocycles. The number of nitrogens with zero attached hydrogens (tertiary/aromatic N) is 2. The van der Waals surface area contributed by atoms with Gasteiger partial charge in [0.15, 0.2) is 5.71 Å². The Kier molecular flexibility index (Phi) is 3.91. The average molecular weight is 350 g/mol. The number of hydrogen-bond acceptors (Lipinski definition) is 4. The van der Waals surface area contributed by atoms with Crippen LogP contribution in [-0.4, -0.2) is 28.9 Å². The van der Waals surface area contributed by atoms with Crippen LogP contribution in [0.1, 0.15) is 16.1 Å². The number of alkyl halides is 3. The third kappa shape index (κ3) is 3.16. The van der Waals surface area contributed by atoms with Gasteiger partial charge in [-0.05, 0) is 42.5 Å². The second-order valence-electron chi connectivity index (χ2n) is 4.99. The molecule has 9 heteroatoms. The number of hydrazone groups is 1. The normalized spacial score (nSPS) is 16.4. The number of rotatable bonds is 3. The summed E-state index contributed by atoms with van der Waals surface area (Å²) in [6.07, 6.45) is -2.62. The maximum absolute atomic E-state index is 13.2. The lowest BCUT2D eigenvalue weighted by molar-refractivity contribution is -0.114. The fourth-order valence-electron chi connectivity index (χ4n) is 2.19. The summed E-state index contributed by atoms with van der Waals surface area (Å²) in [5.74, 6) is -2.12. The summed E-state index contributed by atoms with van der Waals surface area (Å²) in [5.41, 5.74) is -2.07. The van der Waals surface area contributed by atoms with E-state index in [1.54, 1.807) is 0 Å². The quantitative estimate of drug-likeness (QED) is 0.861. The molecule has 0 unspecified atom stereocenters. The number of benzene rings is 1. The van der Waals surface area contributed by atoms with Crippen LogP contribution in [0.2, 0.25) is 0 Å². The highest BCUT2D eigenvalue weighted by Crippen LogP contribution is 2.32. The van der Waals surface area contributed by atoms with Crippen LogP contribution in [0.15, 0.2) is 57.8 Å². The second kappa shape index (κ2) is 5.93. The number of carboxylic acids is 1. The highest BCUT2D eigenvalue weighted by molar-refractivity contribution is 6.34. The van der Waals surface area contributed by atoms with Crippen molar-refractivity contribution in [2.75, 3.05) is 5.01 Å². The average Bonchev–Trinajstić information content (AvgIpc) is 3.16. The van der Waals surface area contributed by atoms with E-state index in [9.17, 15) is 22.8 Å². The van der Waals surface area contributed by atoms with Crippen molar-refractivity contribution in [2.24, 2.45) is 5.10 Å². The highest BCUT2D eigenvalue weighted by atomic mass is 19.4. The predicted molar refractivity (Wildman–Crippen MR) is 81.1 cm³/mol. The molecule has 2 aromatic rings. The highest BCUT2D eigenvalue weighted by Gasteiger charge is 2.47. The molecule has 0 radical (unpaired) electrons. The van der Waals surface area contributed by atoms with Crippen LogP contribution < -0.4 is 5.01 Å². The van der Waals surface area contributed by atoms with Gasteiger partial charge in [-0.1, -0.05) is 0 Å². The lowest BCUT2D eigenvalue weighted by Gasteiger charge is -2.11. The van der Waals surface area contributed by atoms with Crippen molar-refractivity contribution in [3.63, 3.8) is 0 Å². The maximum Gasteiger partial charge on any atom is 0.435 e. The third-order valence-corrected chi connectivity index (χ3v) is 3.34. The minimum atomic E-state index is -4.84. The van der Waals surface area contributed by atoms with E-state index in [2.05, 4.69) is 5.10 Å². The van der Waals surface area contributed by atoms with Gasteiger partial charge in [0.2, 0.25) is 0 Å². The zero-order valence-electron chi connectivity index (χ0n) is 12.3. The summed E-state index contributed by atoms with van der Waals surface area (Å²) < 4.78 is 44.6. The van der Waals surface area contributed by atoms with Gasteiger partial charge >= 0.3 is 12.1 Å². The zero-order valence-corrected chi connectivity index (χ0v) is 12.3. The monoisotopic (exact) mass is 350 g/mol. The molecule has 1 amide bonds. The van der Waals surface area contributed by atoms with Crippen LogP contribution in [0.25, 0.3) is 6.08 Å². The van der Waals surface area contributed by atoms with E-state index < -0.39 is 29.3 Å². The van der Waals surface area contributed by atoms with E-state index in [1.807, 2.05) is 0 Å². The Morgan fingerprint density at radius 3 is 2.40 bits per heavy atom. The first-order chi connectivity index (χ1) is 11.8. The van der Waals surface area contributed by atoms with E-state index in [4.69, 9.17) is 9.52 Å². The topological polar surface area (TPSA) is 83.1 Å². The molecule has 1 aliphatic heterocycles. The number of aromatic carboxylic acids is 1. The van der Waals surface area contributed by atoms with Crippen molar-refractivity contribution < 1.29 is 32.3 Å². The molecule has 0 saturated carbocycles. The number of amides is 1.